The van der Waals surface area contributed by atoms with Crippen LogP contribution in [-0.2, 0) is 16.5 Å². The smallest absolute Gasteiger partial charge is 0.179 e. The van der Waals surface area contributed by atoms with E-state index in [9.17, 15) is 13.0 Å². The SMILES string of the molecule is CCCS(=O)(=O)[O-].CCCc1cccc[nH+]1. The Morgan fingerprint density at radius 2 is 1.94 bits per heavy atom. The van der Waals surface area contributed by atoms with E-state index in [1.54, 1.807) is 6.92 Å². The molecule has 0 aromatic carbocycles. The molecule has 0 saturated heterocycles. The van der Waals surface area contributed by atoms with Gasteiger partial charge in [0.15, 0.2) is 11.9 Å². The summed E-state index contributed by atoms with van der Waals surface area (Å²) in [6, 6.07) is 6.17. The van der Waals surface area contributed by atoms with Crippen LogP contribution >= 0.6 is 0 Å². The highest BCUT2D eigenvalue weighted by Crippen LogP contribution is 1.91. The maximum absolute atomic E-state index is 9.68. The van der Waals surface area contributed by atoms with Crippen molar-refractivity contribution in [3.8, 4) is 0 Å². The summed E-state index contributed by atoms with van der Waals surface area (Å²) in [5.74, 6) is -0.243. The predicted octanol–water partition coefficient (Wildman–Crippen LogP) is 1.39. The highest BCUT2D eigenvalue weighted by molar-refractivity contribution is 7.85. The molecular weight excluding hydrogens is 226 g/mol. The molecule has 0 atom stereocenters. The van der Waals surface area contributed by atoms with Gasteiger partial charge in [-0.2, -0.15) is 0 Å². The minimum atomic E-state index is -3.92. The highest BCUT2D eigenvalue weighted by Gasteiger charge is 1.93. The molecule has 0 bridgehead atoms. The molecule has 1 N–H and O–H groups in total. The van der Waals surface area contributed by atoms with Gasteiger partial charge in [0.05, 0.1) is 10.1 Å². The third kappa shape index (κ3) is 9.61. The molecule has 5 heteroatoms. The molecule has 0 aliphatic carbocycles. The van der Waals surface area contributed by atoms with Crippen LogP contribution in [0.1, 0.15) is 32.4 Å². The minimum absolute atomic E-state index is 0.243. The highest BCUT2D eigenvalue weighted by atomic mass is 32.2. The third-order valence-electron chi connectivity index (χ3n) is 1.75. The second-order valence-electron chi connectivity index (χ2n) is 3.40. The first kappa shape index (κ1) is 15.1. The quantitative estimate of drug-likeness (QED) is 0.753. The van der Waals surface area contributed by atoms with Crippen molar-refractivity contribution < 1.29 is 18.0 Å². The Labute approximate surface area is 97.5 Å². The number of H-pyrrole nitrogens is 1. The van der Waals surface area contributed by atoms with Crippen molar-refractivity contribution in [1.29, 1.82) is 0 Å². The molecule has 0 fully saturated rings. The van der Waals surface area contributed by atoms with Crippen LogP contribution in [0.25, 0.3) is 0 Å². The second kappa shape index (κ2) is 8.24. The van der Waals surface area contributed by atoms with Crippen LogP contribution in [0.3, 0.4) is 0 Å². The third-order valence-corrected chi connectivity index (χ3v) is 2.66. The van der Waals surface area contributed by atoms with E-state index in [-0.39, 0.29) is 5.75 Å². The van der Waals surface area contributed by atoms with E-state index in [0.717, 1.165) is 6.42 Å². The molecule has 4 nitrogen and oxygen atoms in total. The van der Waals surface area contributed by atoms with Crippen LogP contribution in [-0.4, -0.2) is 18.7 Å². The summed E-state index contributed by atoms with van der Waals surface area (Å²) >= 11 is 0. The van der Waals surface area contributed by atoms with Crippen molar-refractivity contribution in [1.82, 2.24) is 0 Å². The van der Waals surface area contributed by atoms with Gasteiger partial charge in [0.2, 0.25) is 0 Å². The summed E-state index contributed by atoms with van der Waals surface area (Å²) in [4.78, 5) is 3.17. The van der Waals surface area contributed by atoms with E-state index in [0.29, 0.717) is 6.42 Å². The first-order valence-electron chi connectivity index (χ1n) is 5.38. The molecule has 1 aromatic rings. The fourth-order valence-electron chi connectivity index (χ4n) is 1.11. The summed E-state index contributed by atoms with van der Waals surface area (Å²) in [7, 11) is -3.92. The molecule has 0 spiro atoms. The summed E-state index contributed by atoms with van der Waals surface area (Å²) < 4.78 is 29.0. The largest absolute Gasteiger partial charge is 0.748 e. The van der Waals surface area contributed by atoms with Gasteiger partial charge in [-0.05, 0) is 12.8 Å². The molecule has 0 unspecified atom stereocenters. The number of hydrogen-bond donors (Lipinski definition) is 0. The fourth-order valence-corrected chi connectivity index (χ4v) is 1.61. The average Bonchev–Trinajstić information content (AvgIpc) is 2.19. The molecule has 0 amide bonds. The van der Waals surface area contributed by atoms with E-state index in [1.807, 2.05) is 12.3 Å². The van der Waals surface area contributed by atoms with Crippen molar-refractivity contribution in [3.05, 3.63) is 30.1 Å². The van der Waals surface area contributed by atoms with E-state index in [2.05, 4.69) is 24.0 Å². The van der Waals surface area contributed by atoms with Gasteiger partial charge < -0.3 is 4.55 Å². The van der Waals surface area contributed by atoms with Gasteiger partial charge in [-0.1, -0.05) is 19.9 Å². The van der Waals surface area contributed by atoms with Crippen molar-refractivity contribution >= 4 is 10.1 Å². The summed E-state index contributed by atoms with van der Waals surface area (Å²) in [5.41, 5.74) is 1.32. The lowest BCUT2D eigenvalue weighted by Crippen LogP contribution is -2.07. The lowest BCUT2D eigenvalue weighted by atomic mass is 10.2. The Morgan fingerprint density at radius 3 is 2.25 bits per heavy atom. The van der Waals surface area contributed by atoms with Gasteiger partial charge in [-0.3, -0.25) is 0 Å². The normalized spacial score (nSPS) is 10.4. The number of rotatable bonds is 4. The molecule has 0 radical (unpaired) electrons. The Kier molecular flexibility index (Phi) is 7.76. The van der Waals surface area contributed by atoms with Gasteiger partial charge in [-0.15, -0.1) is 0 Å². The van der Waals surface area contributed by atoms with Crippen molar-refractivity contribution in [3.63, 3.8) is 0 Å². The van der Waals surface area contributed by atoms with Gasteiger partial charge in [-0.25, -0.2) is 13.4 Å². The average molecular weight is 245 g/mol. The van der Waals surface area contributed by atoms with Crippen LogP contribution < -0.4 is 4.98 Å². The van der Waals surface area contributed by atoms with Crippen molar-refractivity contribution in [2.75, 3.05) is 5.75 Å². The van der Waals surface area contributed by atoms with Gasteiger partial charge >= 0.3 is 0 Å². The molecule has 92 valence electrons. The van der Waals surface area contributed by atoms with E-state index in [4.69, 9.17) is 0 Å². The van der Waals surface area contributed by atoms with E-state index < -0.39 is 10.1 Å². The molecule has 1 aromatic heterocycles. The van der Waals surface area contributed by atoms with E-state index >= 15 is 0 Å². The maximum atomic E-state index is 9.68. The Morgan fingerprint density at radius 1 is 1.25 bits per heavy atom. The van der Waals surface area contributed by atoms with Crippen LogP contribution in [0.2, 0.25) is 0 Å². The number of hydrogen-bond acceptors (Lipinski definition) is 3. The molecule has 0 aliphatic rings. The molecular formula is C11H19NO3S. The van der Waals surface area contributed by atoms with Gasteiger partial charge in [0.1, 0.15) is 0 Å². The Bertz CT molecular complexity index is 362. The molecule has 1 rings (SSSR count). The number of aryl methyl sites for hydroxylation is 1. The molecule has 16 heavy (non-hydrogen) atoms. The molecule has 0 aliphatic heterocycles. The minimum Gasteiger partial charge on any atom is -0.748 e. The van der Waals surface area contributed by atoms with E-state index in [1.165, 1.54) is 12.1 Å². The summed E-state index contributed by atoms with van der Waals surface area (Å²) in [6.45, 7) is 3.83. The van der Waals surface area contributed by atoms with Crippen LogP contribution in [0.4, 0.5) is 0 Å². The van der Waals surface area contributed by atoms with Crippen molar-refractivity contribution in [2.24, 2.45) is 0 Å². The monoisotopic (exact) mass is 245 g/mol. The zero-order valence-electron chi connectivity index (χ0n) is 9.77. The van der Waals surface area contributed by atoms with Crippen LogP contribution in [0.15, 0.2) is 24.4 Å². The first-order valence-corrected chi connectivity index (χ1v) is 6.96. The topological polar surface area (TPSA) is 71.3 Å². The molecule has 0 saturated carbocycles. The number of aromatic amines is 1. The van der Waals surface area contributed by atoms with Crippen molar-refractivity contribution in [2.45, 2.75) is 33.1 Å². The lowest BCUT2D eigenvalue weighted by Gasteiger charge is -2.00. The molecule has 1 heterocycles. The summed E-state index contributed by atoms with van der Waals surface area (Å²) in [5, 5.41) is 0. The second-order valence-corrected chi connectivity index (χ2v) is 4.92. The zero-order valence-corrected chi connectivity index (χ0v) is 10.6. The summed E-state index contributed by atoms with van der Waals surface area (Å²) in [6.07, 6.45) is 4.73. The van der Waals surface area contributed by atoms with Crippen LogP contribution in [0.5, 0.6) is 0 Å². The number of nitrogens with one attached hydrogen (secondary N) is 1. The Balaban J connectivity index is 0.000000293. The van der Waals surface area contributed by atoms with Gasteiger partial charge in [0.25, 0.3) is 0 Å². The fraction of sp³-hybridized carbons (Fsp3) is 0.545. The lowest BCUT2D eigenvalue weighted by molar-refractivity contribution is -0.390. The predicted molar refractivity (Wildman–Crippen MR) is 61.8 cm³/mol. The maximum Gasteiger partial charge on any atom is 0.179 e. The number of pyridine rings is 1. The first-order chi connectivity index (χ1) is 7.49. The zero-order chi connectivity index (χ0) is 12.4. The van der Waals surface area contributed by atoms with Gasteiger partial charge in [0, 0.05) is 24.3 Å². The Hall–Kier alpha value is -0.940. The standard InChI is InChI=1S/C8H11N.C3H8O3S/c1-2-5-8-6-3-4-7-9-8;1-2-3-7(4,5)6/h3-4,6-7H,2,5H2,1H3;2-3H2,1H3,(H,4,5,6). The van der Waals surface area contributed by atoms with Crippen LogP contribution in [0, 0.1) is 0 Å². The number of aromatic nitrogens is 1.